The molecule has 1 heterocycles. The molecular weight excluding hydrogens is 104 g/mol. The maximum absolute atomic E-state index is 5.50. The number of guanidine groups is 1. The van der Waals surface area contributed by atoms with E-state index in [-0.39, 0.29) is 0 Å². The van der Waals surface area contributed by atoms with Gasteiger partial charge in [0.05, 0.1) is 6.54 Å². The summed E-state index contributed by atoms with van der Waals surface area (Å²) in [7, 11) is 0. The summed E-state index contributed by atoms with van der Waals surface area (Å²) < 4.78 is 0. The van der Waals surface area contributed by atoms with Crippen molar-refractivity contribution in [1.29, 1.82) is 5.41 Å². The number of hydrogen-bond acceptors (Lipinski definition) is 4. The summed E-state index contributed by atoms with van der Waals surface area (Å²) in [6.07, 6.45) is 0. The van der Waals surface area contributed by atoms with Crippen molar-refractivity contribution in [1.82, 2.24) is 5.32 Å². The summed E-state index contributed by atoms with van der Waals surface area (Å²) >= 11 is 0. The lowest BCUT2D eigenvalue weighted by Gasteiger charge is -1.85. The lowest BCUT2D eigenvalue weighted by Crippen LogP contribution is -2.26. The molecule has 4 heteroatoms. The fourth-order valence-electron chi connectivity index (χ4n) is 0.416. The Balaban J connectivity index is 0.000000222. The molecule has 0 unspecified atom stereocenters. The van der Waals surface area contributed by atoms with Gasteiger partial charge >= 0.3 is 0 Å². The zero-order valence-electron chi connectivity index (χ0n) is 4.65. The van der Waals surface area contributed by atoms with Crippen LogP contribution in [0.15, 0.2) is 4.99 Å². The van der Waals surface area contributed by atoms with Gasteiger partial charge in [0.25, 0.3) is 0 Å². The van der Waals surface area contributed by atoms with Crippen LogP contribution in [0, 0.1) is 5.41 Å². The topological polar surface area (TPSA) is 74.3 Å². The van der Waals surface area contributed by atoms with Crippen LogP contribution in [0.1, 0.15) is 0 Å². The van der Waals surface area contributed by atoms with Gasteiger partial charge in [0, 0.05) is 6.54 Å². The molecule has 0 radical (unpaired) electrons. The van der Waals surface area contributed by atoms with E-state index in [1.807, 2.05) is 0 Å². The molecule has 4 nitrogen and oxygen atoms in total. The van der Waals surface area contributed by atoms with E-state index in [2.05, 4.69) is 17.0 Å². The molecule has 0 fully saturated rings. The molecule has 4 N–H and O–H groups in total. The molecule has 0 amide bonds. The van der Waals surface area contributed by atoms with Crippen LogP contribution in [0.4, 0.5) is 0 Å². The fourth-order valence-corrected chi connectivity index (χ4v) is 0.416. The number of aliphatic imine (C=N–C) groups is 1. The van der Waals surface area contributed by atoms with Gasteiger partial charge in [-0.1, -0.05) is 0 Å². The zero-order chi connectivity index (χ0) is 6.41. The maximum atomic E-state index is 5.50. The first-order chi connectivity index (χ1) is 3.89. The summed E-state index contributed by atoms with van der Waals surface area (Å²) in [5, 5.41) is 8.35. The van der Waals surface area contributed by atoms with Crippen molar-refractivity contribution in [2.75, 3.05) is 13.1 Å². The van der Waals surface area contributed by atoms with Gasteiger partial charge in [-0.05, 0) is 6.72 Å². The number of hydrogen-bond donors (Lipinski definition) is 3. The van der Waals surface area contributed by atoms with Gasteiger partial charge in [-0.15, -0.1) is 0 Å². The molecular formula is C4H10N4. The zero-order valence-corrected chi connectivity index (χ0v) is 4.65. The number of nitrogens with two attached hydrogens (primary N) is 1. The third-order valence-electron chi connectivity index (χ3n) is 0.700. The first-order valence-electron chi connectivity index (χ1n) is 2.29. The summed E-state index contributed by atoms with van der Waals surface area (Å²) in [5.74, 6) is 0.579. The molecule has 0 saturated heterocycles. The Hall–Kier alpha value is -1.06. The van der Waals surface area contributed by atoms with E-state index < -0.39 is 0 Å². The molecule has 1 aliphatic heterocycles. The first-order valence-corrected chi connectivity index (χ1v) is 2.29. The van der Waals surface area contributed by atoms with E-state index in [0.717, 1.165) is 13.1 Å². The van der Waals surface area contributed by atoms with Gasteiger partial charge in [-0.3, -0.25) is 4.99 Å². The predicted octanol–water partition coefficient (Wildman–Crippen LogP) is -0.830. The molecule has 0 saturated carbocycles. The lowest BCUT2D eigenvalue weighted by molar-refractivity contribution is 0.957. The molecule has 46 valence electrons. The van der Waals surface area contributed by atoms with E-state index in [1.165, 1.54) is 0 Å². The number of rotatable bonds is 0. The van der Waals surface area contributed by atoms with Crippen LogP contribution in [-0.4, -0.2) is 25.8 Å². The second-order valence-corrected chi connectivity index (χ2v) is 1.19. The van der Waals surface area contributed by atoms with Gasteiger partial charge in [0.2, 0.25) is 0 Å². The average molecular weight is 114 g/mol. The highest BCUT2D eigenvalue weighted by molar-refractivity contribution is 5.79. The Kier molecular flexibility index (Phi) is 3.56. The normalized spacial score (nSPS) is 15.2. The molecule has 0 aromatic carbocycles. The van der Waals surface area contributed by atoms with Crippen LogP contribution >= 0.6 is 0 Å². The second-order valence-electron chi connectivity index (χ2n) is 1.19. The van der Waals surface area contributed by atoms with Crippen molar-refractivity contribution >= 4 is 12.7 Å². The molecule has 8 heavy (non-hydrogen) atoms. The third-order valence-corrected chi connectivity index (χ3v) is 0.700. The van der Waals surface area contributed by atoms with Crippen LogP contribution < -0.4 is 11.1 Å². The highest BCUT2D eigenvalue weighted by Crippen LogP contribution is 1.74. The van der Waals surface area contributed by atoms with Crippen LogP contribution in [0.5, 0.6) is 0 Å². The van der Waals surface area contributed by atoms with Gasteiger partial charge < -0.3 is 16.5 Å². The third kappa shape index (κ3) is 2.17. The molecule has 1 rings (SSSR count). The Bertz CT molecular complexity index is 88.0. The van der Waals surface area contributed by atoms with E-state index >= 15 is 0 Å². The van der Waals surface area contributed by atoms with Gasteiger partial charge in [0.15, 0.2) is 5.96 Å². The highest BCUT2D eigenvalue weighted by atomic mass is 15.1. The van der Waals surface area contributed by atoms with Crippen molar-refractivity contribution in [3.63, 3.8) is 0 Å². The molecule has 0 atom stereocenters. The van der Waals surface area contributed by atoms with Crippen molar-refractivity contribution in [2.24, 2.45) is 10.7 Å². The van der Waals surface area contributed by atoms with Gasteiger partial charge in [0.1, 0.15) is 0 Å². The molecule has 0 spiro atoms. The Morgan fingerprint density at radius 3 is 2.50 bits per heavy atom. The van der Waals surface area contributed by atoms with Gasteiger partial charge in [-0.25, -0.2) is 0 Å². The second kappa shape index (κ2) is 4.11. The monoisotopic (exact) mass is 114 g/mol. The molecule has 0 aromatic rings. The summed E-state index contributed by atoms with van der Waals surface area (Å²) in [4.78, 5) is 3.82. The number of nitrogens with one attached hydrogen (secondary N) is 2. The standard InChI is InChI=1S/C3H7N3.CH3N/c4-3-5-1-2-6-3;1-2/h1-2H2,(H3,4,5,6);2H,1H2. The minimum absolute atomic E-state index is 0.579. The van der Waals surface area contributed by atoms with E-state index in [4.69, 9.17) is 11.1 Å². The smallest absolute Gasteiger partial charge is 0.188 e. The SMILES string of the molecule is C=N.NC1=NCCN1. The van der Waals surface area contributed by atoms with Crippen molar-refractivity contribution in [3.05, 3.63) is 0 Å². The molecule has 0 aromatic heterocycles. The van der Waals surface area contributed by atoms with E-state index in [9.17, 15) is 0 Å². The van der Waals surface area contributed by atoms with Crippen molar-refractivity contribution < 1.29 is 0 Å². The quantitative estimate of drug-likeness (QED) is 0.359. The minimum Gasteiger partial charge on any atom is -0.370 e. The predicted molar refractivity (Wildman–Crippen MR) is 34.3 cm³/mol. The Morgan fingerprint density at radius 1 is 1.75 bits per heavy atom. The first kappa shape index (κ1) is 6.94. The maximum Gasteiger partial charge on any atom is 0.188 e. The molecule has 0 bridgehead atoms. The van der Waals surface area contributed by atoms with Crippen LogP contribution in [-0.2, 0) is 0 Å². The summed E-state index contributed by atoms with van der Waals surface area (Å²) in [6.45, 7) is 4.25. The van der Waals surface area contributed by atoms with Crippen LogP contribution in [0.2, 0.25) is 0 Å². The molecule has 0 aliphatic carbocycles. The lowest BCUT2D eigenvalue weighted by atomic mass is 10.7. The molecule has 1 aliphatic rings. The largest absolute Gasteiger partial charge is 0.370 e. The Morgan fingerprint density at radius 2 is 2.38 bits per heavy atom. The van der Waals surface area contributed by atoms with Crippen LogP contribution in [0.3, 0.4) is 0 Å². The highest BCUT2D eigenvalue weighted by Gasteiger charge is 1.94. The van der Waals surface area contributed by atoms with E-state index in [1.54, 1.807) is 0 Å². The summed E-state index contributed by atoms with van der Waals surface area (Å²) in [5.41, 5.74) is 5.17. The number of nitrogens with zero attached hydrogens (tertiary/aromatic N) is 1. The van der Waals surface area contributed by atoms with Crippen molar-refractivity contribution in [3.8, 4) is 0 Å². The minimum atomic E-state index is 0.579. The van der Waals surface area contributed by atoms with Gasteiger partial charge in [-0.2, -0.15) is 0 Å². The Labute approximate surface area is 48.3 Å². The fraction of sp³-hybridized carbons (Fsp3) is 0.500. The van der Waals surface area contributed by atoms with Crippen molar-refractivity contribution in [2.45, 2.75) is 0 Å². The summed E-state index contributed by atoms with van der Waals surface area (Å²) in [6, 6.07) is 0. The van der Waals surface area contributed by atoms with Crippen LogP contribution in [0.25, 0.3) is 0 Å². The van der Waals surface area contributed by atoms with E-state index in [0.29, 0.717) is 5.96 Å². The average Bonchev–Trinajstić information content (AvgIpc) is 2.24.